The number of aromatic nitrogens is 1. The Hall–Kier alpha value is -2.60. The molecule has 1 aliphatic heterocycles. The molecule has 1 saturated heterocycles. The summed E-state index contributed by atoms with van der Waals surface area (Å²) < 4.78 is 11.1. The lowest BCUT2D eigenvalue weighted by molar-refractivity contribution is 0.0674. The number of nitrogens with zero attached hydrogens (tertiary/aromatic N) is 3. The van der Waals surface area contributed by atoms with Gasteiger partial charge >= 0.3 is 0 Å². The van der Waals surface area contributed by atoms with Gasteiger partial charge in [-0.3, -0.25) is 0 Å². The molecule has 6 heteroatoms. The van der Waals surface area contributed by atoms with E-state index in [0.717, 1.165) is 24.2 Å². The fraction of sp³-hybridized carbons (Fsp3) is 0.333. The number of pyridine rings is 1. The first-order chi connectivity index (χ1) is 11.8. The molecule has 6 nitrogen and oxygen atoms in total. The van der Waals surface area contributed by atoms with Crippen LogP contribution in [-0.4, -0.2) is 42.1 Å². The number of morpholine rings is 1. The van der Waals surface area contributed by atoms with Gasteiger partial charge in [-0.1, -0.05) is 30.3 Å². The van der Waals surface area contributed by atoms with Gasteiger partial charge in [-0.05, 0) is 17.2 Å². The van der Waals surface area contributed by atoms with E-state index in [9.17, 15) is 0 Å². The second-order valence-electron chi connectivity index (χ2n) is 5.55. The first kappa shape index (κ1) is 16.3. The van der Waals surface area contributed by atoms with E-state index in [0.29, 0.717) is 38.2 Å². The van der Waals surface area contributed by atoms with E-state index in [1.165, 1.54) is 0 Å². The van der Waals surface area contributed by atoms with Crippen LogP contribution in [-0.2, 0) is 17.9 Å². The zero-order chi connectivity index (χ0) is 16.6. The van der Waals surface area contributed by atoms with Gasteiger partial charge in [-0.2, -0.15) is 0 Å². The highest BCUT2D eigenvalue weighted by Gasteiger charge is 2.11. The summed E-state index contributed by atoms with van der Waals surface area (Å²) in [4.78, 5) is 10.7. The van der Waals surface area contributed by atoms with Crippen molar-refractivity contribution in [1.29, 1.82) is 0 Å². The minimum atomic E-state index is 0.497. The maximum atomic E-state index is 6.04. The predicted molar refractivity (Wildman–Crippen MR) is 92.7 cm³/mol. The van der Waals surface area contributed by atoms with Crippen molar-refractivity contribution in [1.82, 2.24) is 9.88 Å². The molecule has 126 valence electrons. The number of aliphatic imine (C=N–C) groups is 1. The number of hydrogen-bond donors (Lipinski definition) is 1. The fourth-order valence-corrected chi connectivity index (χ4v) is 2.42. The molecule has 1 aromatic carbocycles. The predicted octanol–water partition coefficient (Wildman–Crippen LogP) is 1.81. The smallest absolute Gasteiger partial charge is 0.213 e. The summed E-state index contributed by atoms with van der Waals surface area (Å²) in [5, 5.41) is 0. The Kier molecular flexibility index (Phi) is 5.63. The molecule has 0 amide bonds. The van der Waals surface area contributed by atoms with Gasteiger partial charge in [0.15, 0.2) is 5.96 Å². The second kappa shape index (κ2) is 8.31. The molecule has 0 aliphatic carbocycles. The summed E-state index contributed by atoms with van der Waals surface area (Å²) in [6.07, 6.45) is 1.73. The monoisotopic (exact) mass is 326 g/mol. The maximum absolute atomic E-state index is 6.04. The van der Waals surface area contributed by atoms with Crippen LogP contribution in [0.5, 0.6) is 5.88 Å². The van der Waals surface area contributed by atoms with E-state index in [1.54, 1.807) is 6.20 Å². The van der Waals surface area contributed by atoms with Crippen molar-refractivity contribution in [2.45, 2.75) is 13.2 Å². The zero-order valence-corrected chi connectivity index (χ0v) is 13.6. The van der Waals surface area contributed by atoms with E-state index in [-0.39, 0.29) is 0 Å². The Labute approximate surface area is 141 Å². The van der Waals surface area contributed by atoms with Gasteiger partial charge in [-0.25, -0.2) is 9.98 Å². The lowest BCUT2D eigenvalue weighted by atomic mass is 10.2. The lowest BCUT2D eigenvalue weighted by Gasteiger charge is -2.27. The summed E-state index contributed by atoms with van der Waals surface area (Å²) >= 11 is 0. The van der Waals surface area contributed by atoms with Crippen LogP contribution in [0.25, 0.3) is 0 Å². The summed E-state index contributed by atoms with van der Waals surface area (Å²) in [6, 6.07) is 13.8. The molecule has 3 rings (SSSR count). The van der Waals surface area contributed by atoms with Crippen LogP contribution in [0.4, 0.5) is 0 Å². The third-order valence-electron chi connectivity index (χ3n) is 3.79. The summed E-state index contributed by atoms with van der Waals surface area (Å²) in [5.74, 6) is 1.15. The van der Waals surface area contributed by atoms with Crippen LogP contribution in [0.1, 0.15) is 11.1 Å². The van der Waals surface area contributed by atoms with Gasteiger partial charge in [0.1, 0.15) is 6.61 Å². The molecular weight excluding hydrogens is 304 g/mol. The van der Waals surface area contributed by atoms with Crippen molar-refractivity contribution < 1.29 is 9.47 Å². The SMILES string of the molecule is NC(=NCc1ccnc(OCc2ccccc2)c1)N1CCOCC1. The van der Waals surface area contributed by atoms with Crippen molar-refractivity contribution in [2.24, 2.45) is 10.7 Å². The molecule has 2 heterocycles. The average Bonchev–Trinajstić information content (AvgIpc) is 2.66. The molecule has 0 saturated carbocycles. The topological polar surface area (TPSA) is 73.0 Å². The molecule has 24 heavy (non-hydrogen) atoms. The van der Waals surface area contributed by atoms with E-state index >= 15 is 0 Å². The van der Waals surface area contributed by atoms with Crippen LogP contribution >= 0.6 is 0 Å². The third kappa shape index (κ3) is 4.70. The Morgan fingerprint density at radius 2 is 1.96 bits per heavy atom. The summed E-state index contributed by atoms with van der Waals surface area (Å²) in [5.41, 5.74) is 8.17. The zero-order valence-electron chi connectivity index (χ0n) is 13.6. The van der Waals surface area contributed by atoms with Gasteiger partial charge in [0.25, 0.3) is 0 Å². The van der Waals surface area contributed by atoms with Crippen molar-refractivity contribution in [3.63, 3.8) is 0 Å². The molecule has 0 spiro atoms. The highest BCUT2D eigenvalue weighted by atomic mass is 16.5. The largest absolute Gasteiger partial charge is 0.473 e. The molecule has 0 atom stereocenters. The van der Waals surface area contributed by atoms with Crippen LogP contribution < -0.4 is 10.5 Å². The molecule has 1 fully saturated rings. The first-order valence-corrected chi connectivity index (χ1v) is 8.05. The maximum Gasteiger partial charge on any atom is 0.213 e. The fourth-order valence-electron chi connectivity index (χ4n) is 2.42. The van der Waals surface area contributed by atoms with Crippen molar-refractivity contribution in [3.8, 4) is 5.88 Å². The Balaban J connectivity index is 1.56. The first-order valence-electron chi connectivity index (χ1n) is 8.05. The van der Waals surface area contributed by atoms with Gasteiger partial charge < -0.3 is 20.1 Å². The lowest BCUT2D eigenvalue weighted by Crippen LogP contribution is -2.44. The van der Waals surface area contributed by atoms with Crippen LogP contribution in [0.2, 0.25) is 0 Å². The second-order valence-corrected chi connectivity index (χ2v) is 5.55. The van der Waals surface area contributed by atoms with Gasteiger partial charge in [0, 0.05) is 25.4 Å². The molecule has 0 bridgehead atoms. The standard InChI is InChI=1S/C18H22N4O2/c19-18(22-8-10-23-11-9-22)21-13-16-6-7-20-17(12-16)24-14-15-4-2-1-3-5-15/h1-7,12H,8-11,13-14H2,(H2,19,21). The number of guanidine groups is 1. The van der Waals surface area contributed by atoms with E-state index < -0.39 is 0 Å². The molecule has 2 aromatic rings. The normalized spacial score (nSPS) is 15.3. The Morgan fingerprint density at radius 3 is 2.75 bits per heavy atom. The minimum absolute atomic E-state index is 0.497. The number of hydrogen-bond acceptors (Lipinski definition) is 4. The molecule has 1 aliphatic rings. The number of rotatable bonds is 5. The minimum Gasteiger partial charge on any atom is -0.473 e. The quantitative estimate of drug-likeness (QED) is 0.670. The summed E-state index contributed by atoms with van der Waals surface area (Å²) in [6.45, 7) is 3.98. The van der Waals surface area contributed by atoms with E-state index in [2.05, 4.69) is 9.98 Å². The van der Waals surface area contributed by atoms with Gasteiger partial charge in [0.2, 0.25) is 5.88 Å². The number of nitrogens with two attached hydrogens (primary N) is 1. The number of ether oxygens (including phenoxy) is 2. The Morgan fingerprint density at radius 1 is 1.17 bits per heavy atom. The summed E-state index contributed by atoms with van der Waals surface area (Å²) in [7, 11) is 0. The van der Waals surface area contributed by atoms with Crippen molar-refractivity contribution in [2.75, 3.05) is 26.3 Å². The van der Waals surface area contributed by atoms with Crippen molar-refractivity contribution in [3.05, 3.63) is 59.8 Å². The van der Waals surface area contributed by atoms with Gasteiger partial charge in [0.05, 0.1) is 19.8 Å². The molecule has 1 aromatic heterocycles. The van der Waals surface area contributed by atoms with E-state index in [4.69, 9.17) is 15.2 Å². The highest BCUT2D eigenvalue weighted by Crippen LogP contribution is 2.13. The highest BCUT2D eigenvalue weighted by molar-refractivity contribution is 5.78. The number of benzene rings is 1. The van der Waals surface area contributed by atoms with E-state index in [1.807, 2.05) is 47.4 Å². The molecular formula is C18H22N4O2. The molecule has 0 radical (unpaired) electrons. The third-order valence-corrected chi connectivity index (χ3v) is 3.79. The van der Waals surface area contributed by atoms with Crippen molar-refractivity contribution >= 4 is 5.96 Å². The van der Waals surface area contributed by atoms with Gasteiger partial charge in [-0.15, -0.1) is 0 Å². The van der Waals surface area contributed by atoms with Crippen LogP contribution in [0.3, 0.4) is 0 Å². The Bertz CT molecular complexity index is 670. The average molecular weight is 326 g/mol. The van der Waals surface area contributed by atoms with Crippen LogP contribution in [0.15, 0.2) is 53.7 Å². The van der Waals surface area contributed by atoms with Crippen LogP contribution in [0, 0.1) is 0 Å². The molecule has 2 N–H and O–H groups in total. The molecule has 0 unspecified atom stereocenters.